The van der Waals surface area contributed by atoms with Gasteiger partial charge in [-0.3, -0.25) is 0 Å². The molecule has 0 spiro atoms. The molecule has 0 aliphatic carbocycles. The Kier molecular flexibility index (Phi) is 4.66. The highest BCUT2D eigenvalue weighted by molar-refractivity contribution is 5.57. The normalized spacial score (nSPS) is 10.8. The van der Waals surface area contributed by atoms with E-state index < -0.39 is 0 Å². The van der Waals surface area contributed by atoms with Crippen molar-refractivity contribution in [1.82, 2.24) is 9.97 Å². The third-order valence-electron chi connectivity index (χ3n) is 2.86. The van der Waals surface area contributed by atoms with Gasteiger partial charge in [-0.05, 0) is 43.5 Å². The number of hydrogen-bond donors (Lipinski definition) is 1. The molecule has 1 N–H and O–H groups in total. The lowest BCUT2D eigenvalue weighted by atomic mass is 10.1. The van der Waals surface area contributed by atoms with Crippen molar-refractivity contribution in [2.75, 3.05) is 11.9 Å². The summed E-state index contributed by atoms with van der Waals surface area (Å²) in [5.74, 6) is 1.73. The van der Waals surface area contributed by atoms with Crippen LogP contribution in [0.3, 0.4) is 0 Å². The van der Waals surface area contributed by atoms with E-state index in [9.17, 15) is 4.39 Å². The fourth-order valence-electron chi connectivity index (χ4n) is 2.02. The van der Waals surface area contributed by atoms with Crippen molar-refractivity contribution in [3.63, 3.8) is 0 Å². The third kappa shape index (κ3) is 3.76. The number of nitrogens with zero attached hydrogens (tertiary/aromatic N) is 2. The maximum absolute atomic E-state index is 13.0. The Labute approximate surface area is 119 Å². The molecule has 0 bridgehead atoms. The van der Waals surface area contributed by atoms with E-state index in [2.05, 4.69) is 29.1 Å². The van der Waals surface area contributed by atoms with E-state index in [-0.39, 0.29) is 5.82 Å². The minimum Gasteiger partial charge on any atom is -0.370 e. The van der Waals surface area contributed by atoms with Gasteiger partial charge in [-0.1, -0.05) is 13.8 Å². The van der Waals surface area contributed by atoms with E-state index in [0.29, 0.717) is 11.7 Å². The van der Waals surface area contributed by atoms with Crippen molar-refractivity contribution < 1.29 is 4.39 Å². The summed E-state index contributed by atoms with van der Waals surface area (Å²) in [6.07, 6.45) is 0.898. The van der Waals surface area contributed by atoms with Crippen LogP contribution < -0.4 is 5.32 Å². The Hall–Kier alpha value is -1.97. The maximum Gasteiger partial charge on any atom is 0.161 e. The van der Waals surface area contributed by atoms with Crippen LogP contribution in [0.2, 0.25) is 0 Å². The maximum atomic E-state index is 13.0. The zero-order valence-electron chi connectivity index (χ0n) is 12.2. The van der Waals surface area contributed by atoms with Crippen LogP contribution in [0.25, 0.3) is 11.4 Å². The van der Waals surface area contributed by atoms with E-state index in [1.165, 1.54) is 12.1 Å². The van der Waals surface area contributed by atoms with Gasteiger partial charge in [-0.15, -0.1) is 0 Å². The summed E-state index contributed by atoms with van der Waals surface area (Å²) < 4.78 is 13.0. The molecule has 1 aromatic carbocycles. The molecule has 1 heterocycles. The van der Waals surface area contributed by atoms with E-state index in [4.69, 9.17) is 0 Å². The molecule has 3 nitrogen and oxygen atoms in total. The highest BCUT2D eigenvalue weighted by Gasteiger charge is 2.08. The lowest BCUT2D eigenvalue weighted by Gasteiger charge is -2.10. The molecule has 20 heavy (non-hydrogen) atoms. The van der Waals surface area contributed by atoms with Crippen molar-refractivity contribution in [2.24, 2.45) is 5.92 Å². The lowest BCUT2D eigenvalue weighted by Crippen LogP contribution is -2.06. The van der Waals surface area contributed by atoms with Crippen LogP contribution in [0.5, 0.6) is 0 Å². The van der Waals surface area contributed by atoms with Gasteiger partial charge in [-0.2, -0.15) is 0 Å². The standard InChI is InChI=1S/C16H20FN3/c1-4-18-15-10-14(9-11(2)3)19-16(20-15)12-5-7-13(17)8-6-12/h5-8,10-11H,4,9H2,1-3H3,(H,18,19,20). The zero-order chi connectivity index (χ0) is 14.5. The summed E-state index contributed by atoms with van der Waals surface area (Å²) >= 11 is 0. The first-order valence-electron chi connectivity index (χ1n) is 6.96. The quantitative estimate of drug-likeness (QED) is 0.897. The largest absolute Gasteiger partial charge is 0.370 e. The van der Waals surface area contributed by atoms with Crippen LogP contribution in [0.15, 0.2) is 30.3 Å². The summed E-state index contributed by atoms with van der Waals surface area (Å²) in [5.41, 5.74) is 1.83. The van der Waals surface area contributed by atoms with Gasteiger partial charge in [0, 0.05) is 23.9 Å². The Morgan fingerprint density at radius 1 is 1.15 bits per heavy atom. The molecular weight excluding hydrogens is 253 g/mol. The number of nitrogens with one attached hydrogen (secondary N) is 1. The van der Waals surface area contributed by atoms with E-state index in [0.717, 1.165) is 30.0 Å². The van der Waals surface area contributed by atoms with E-state index in [1.54, 1.807) is 12.1 Å². The minimum absolute atomic E-state index is 0.251. The fourth-order valence-corrected chi connectivity index (χ4v) is 2.02. The van der Waals surface area contributed by atoms with Gasteiger partial charge in [0.05, 0.1) is 0 Å². The number of anilines is 1. The summed E-state index contributed by atoms with van der Waals surface area (Å²) in [6.45, 7) is 7.15. The second kappa shape index (κ2) is 6.46. The molecule has 0 saturated carbocycles. The Morgan fingerprint density at radius 2 is 1.85 bits per heavy atom. The predicted molar refractivity (Wildman–Crippen MR) is 80.1 cm³/mol. The van der Waals surface area contributed by atoms with Gasteiger partial charge in [0.25, 0.3) is 0 Å². The molecule has 0 amide bonds. The minimum atomic E-state index is -0.251. The third-order valence-corrected chi connectivity index (χ3v) is 2.86. The van der Waals surface area contributed by atoms with Crippen LogP contribution >= 0.6 is 0 Å². The van der Waals surface area contributed by atoms with Gasteiger partial charge >= 0.3 is 0 Å². The number of hydrogen-bond acceptors (Lipinski definition) is 3. The second-order valence-electron chi connectivity index (χ2n) is 5.20. The number of halogens is 1. The lowest BCUT2D eigenvalue weighted by molar-refractivity contribution is 0.628. The monoisotopic (exact) mass is 273 g/mol. The second-order valence-corrected chi connectivity index (χ2v) is 5.20. The Morgan fingerprint density at radius 3 is 2.45 bits per heavy atom. The molecule has 0 radical (unpaired) electrons. The Bertz CT molecular complexity index is 564. The van der Waals surface area contributed by atoms with Crippen molar-refractivity contribution in [1.29, 1.82) is 0 Å². The van der Waals surface area contributed by atoms with Crippen molar-refractivity contribution in [2.45, 2.75) is 27.2 Å². The molecule has 0 aliphatic heterocycles. The first-order chi connectivity index (χ1) is 9.58. The van der Waals surface area contributed by atoms with Gasteiger partial charge in [0.15, 0.2) is 5.82 Å². The summed E-state index contributed by atoms with van der Waals surface area (Å²) in [4.78, 5) is 9.07. The topological polar surface area (TPSA) is 37.8 Å². The van der Waals surface area contributed by atoms with Crippen LogP contribution in [0, 0.1) is 11.7 Å². The van der Waals surface area contributed by atoms with E-state index in [1.807, 2.05) is 13.0 Å². The smallest absolute Gasteiger partial charge is 0.161 e. The predicted octanol–water partition coefficient (Wildman–Crippen LogP) is 3.91. The molecule has 2 rings (SSSR count). The molecule has 0 saturated heterocycles. The molecule has 106 valence electrons. The SMILES string of the molecule is CCNc1cc(CC(C)C)nc(-c2ccc(F)cc2)n1. The highest BCUT2D eigenvalue weighted by Crippen LogP contribution is 2.19. The highest BCUT2D eigenvalue weighted by atomic mass is 19.1. The average molecular weight is 273 g/mol. The van der Waals surface area contributed by atoms with Crippen LogP contribution in [0.1, 0.15) is 26.5 Å². The molecule has 0 unspecified atom stereocenters. The number of aromatic nitrogens is 2. The van der Waals surface area contributed by atoms with Gasteiger partial charge in [-0.25, -0.2) is 14.4 Å². The molecule has 0 aliphatic rings. The summed E-state index contributed by atoms with van der Waals surface area (Å²) in [5, 5.41) is 3.22. The van der Waals surface area contributed by atoms with E-state index >= 15 is 0 Å². The first-order valence-corrected chi connectivity index (χ1v) is 6.96. The van der Waals surface area contributed by atoms with Gasteiger partial charge < -0.3 is 5.32 Å². The number of rotatable bonds is 5. The van der Waals surface area contributed by atoms with Gasteiger partial charge in [0.2, 0.25) is 0 Å². The summed E-state index contributed by atoms with van der Waals surface area (Å²) in [6, 6.07) is 8.26. The van der Waals surface area contributed by atoms with Crippen LogP contribution in [-0.4, -0.2) is 16.5 Å². The zero-order valence-corrected chi connectivity index (χ0v) is 12.2. The molecule has 4 heteroatoms. The Balaban J connectivity index is 2.40. The molecule has 1 aromatic heterocycles. The van der Waals surface area contributed by atoms with Crippen LogP contribution in [-0.2, 0) is 6.42 Å². The van der Waals surface area contributed by atoms with Crippen molar-refractivity contribution in [3.8, 4) is 11.4 Å². The van der Waals surface area contributed by atoms with Crippen LogP contribution in [0.4, 0.5) is 10.2 Å². The van der Waals surface area contributed by atoms with Crippen molar-refractivity contribution in [3.05, 3.63) is 41.8 Å². The fraction of sp³-hybridized carbons (Fsp3) is 0.375. The summed E-state index contributed by atoms with van der Waals surface area (Å²) in [7, 11) is 0. The molecule has 2 aromatic rings. The number of benzene rings is 1. The van der Waals surface area contributed by atoms with Gasteiger partial charge in [0.1, 0.15) is 11.6 Å². The van der Waals surface area contributed by atoms with Crippen molar-refractivity contribution >= 4 is 5.82 Å². The first kappa shape index (κ1) is 14.4. The molecule has 0 fully saturated rings. The molecule has 0 atom stereocenters. The average Bonchev–Trinajstić information content (AvgIpc) is 2.38. The molecular formula is C16H20FN3.